The van der Waals surface area contributed by atoms with Crippen molar-refractivity contribution in [3.63, 3.8) is 0 Å². The molecule has 2 aliphatic rings. The number of nitrogens with one attached hydrogen (secondary N) is 1. The Kier molecular flexibility index (Phi) is 7.58. The number of aromatic amines is 1. The molecule has 35 heavy (non-hydrogen) atoms. The van der Waals surface area contributed by atoms with Crippen molar-refractivity contribution in [1.29, 1.82) is 0 Å². The van der Waals surface area contributed by atoms with Crippen molar-refractivity contribution >= 4 is 10.9 Å². The van der Waals surface area contributed by atoms with Crippen molar-refractivity contribution in [1.82, 2.24) is 30.1 Å². The summed E-state index contributed by atoms with van der Waals surface area (Å²) < 4.78 is 8.14. The molecule has 1 aromatic carbocycles. The molecule has 8 nitrogen and oxygen atoms in total. The summed E-state index contributed by atoms with van der Waals surface area (Å²) in [6, 6.07) is 8.60. The molecule has 8 heteroatoms. The number of tetrazole rings is 1. The van der Waals surface area contributed by atoms with Crippen LogP contribution in [0.5, 0.6) is 0 Å². The summed E-state index contributed by atoms with van der Waals surface area (Å²) in [6.07, 6.45) is 10.3. The number of ether oxygens (including phenoxy) is 1. The van der Waals surface area contributed by atoms with Crippen molar-refractivity contribution in [2.45, 2.75) is 96.4 Å². The molecule has 0 amide bonds. The van der Waals surface area contributed by atoms with Crippen LogP contribution in [0.1, 0.15) is 93.7 Å². The quantitative estimate of drug-likeness (QED) is 0.473. The minimum atomic E-state index is -0.0270. The normalized spacial score (nSPS) is 20.1. The van der Waals surface area contributed by atoms with E-state index in [-0.39, 0.29) is 17.7 Å². The second-order valence-corrected chi connectivity index (χ2v) is 10.4. The molecule has 0 radical (unpaired) electrons. The summed E-state index contributed by atoms with van der Waals surface area (Å²) in [7, 11) is 0. The third kappa shape index (κ3) is 5.48. The number of benzene rings is 1. The molecule has 2 atom stereocenters. The molecule has 1 saturated carbocycles. The van der Waals surface area contributed by atoms with Gasteiger partial charge in [-0.1, -0.05) is 44.2 Å². The molecule has 1 saturated heterocycles. The number of fused-ring (bicyclic) bond motifs is 1. The molecule has 1 aliphatic carbocycles. The van der Waals surface area contributed by atoms with Crippen LogP contribution in [0.3, 0.4) is 0 Å². The Morgan fingerprint density at radius 1 is 1.17 bits per heavy atom. The predicted molar refractivity (Wildman–Crippen MR) is 136 cm³/mol. The SMILES string of the molecule is CCC[C@@H](c1nnnn1C1CCCCC1)N(Cc1cc2cc(C)ccc2[nH]c1=O)C[C@@H]1CCCO1. The maximum atomic E-state index is 13.1. The Morgan fingerprint density at radius 2 is 2.03 bits per heavy atom. The van der Waals surface area contributed by atoms with Gasteiger partial charge in [0.25, 0.3) is 5.56 Å². The zero-order chi connectivity index (χ0) is 24.2. The van der Waals surface area contributed by atoms with E-state index < -0.39 is 0 Å². The number of pyridine rings is 1. The van der Waals surface area contributed by atoms with E-state index in [0.29, 0.717) is 12.6 Å². The second-order valence-electron chi connectivity index (χ2n) is 10.4. The first-order valence-corrected chi connectivity index (χ1v) is 13.4. The highest BCUT2D eigenvalue weighted by atomic mass is 16.5. The van der Waals surface area contributed by atoms with Crippen LogP contribution in [0.4, 0.5) is 0 Å². The highest BCUT2D eigenvalue weighted by Crippen LogP contribution is 2.33. The van der Waals surface area contributed by atoms with E-state index in [2.05, 4.69) is 56.1 Å². The van der Waals surface area contributed by atoms with Gasteiger partial charge in [0.1, 0.15) is 0 Å². The molecule has 2 fully saturated rings. The standard InChI is InChI=1S/C27H38N6O2/c1-3-8-25(26-29-30-31-33(26)22-9-5-4-6-10-22)32(18-23-11-7-14-35-23)17-21-16-20-15-19(2)12-13-24(20)28-27(21)34/h12-13,15-16,22-23,25H,3-11,14,17-18H2,1-2H3,(H,28,34)/t23-,25-/m0/s1. The van der Waals surface area contributed by atoms with Gasteiger partial charge in [0.2, 0.25) is 0 Å². The number of hydrogen-bond donors (Lipinski definition) is 1. The first kappa shape index (κ1) is 24.1. The number of aromatic nitrogens is 5. The van der Waals surface area contributed by atoms with Crippen LogP contribution in [0.25, 0.3) is 10.9 Å². The average Bonchev–Trinajstić information content (AvgIpc) is 3.56. The van der Waals surface area contributed by atoms with Crippen molar-refractivity contribution in [3.8, 4) is 0 Å². The Hall–Kier alpha value is -2.58. The Morgan fingerprint density at radius 3 is 2.80 bits per heavy atom. The van der Waals surface area contributed by atoms with Crippen LogP contribution in [-0.2, 0) is 11.3 Å². The molecule has 0 bridgehead atoms. The molecule has 3 aromatic rings. The summed E-state index contributed by atoms with van der Waals surface area (Å²) in [5, 5.41) is 14.2. The van der Waals surface area contributed by atoms with Gasteiger partial charge in [-0.2, -0.15) is 0 Å². The van der Waals surface area contributed by atoms with E-state index in [4.69, 9.17) is 4.74 Å². The number of H-pyrrole nitrogens is 1. The number of hydrogen-bond acceptors (Lipinski definition) is 6. The highest BCUT2D eigenvalue weighted by Gasteiger charge is 2.32. The third-order valence-electron chi connectivity index (χ3n) is 7.65. The summed E-state index contributed by atoms with van der Waals surface area (Å²) in [4.78, 5) is 18.6. The lowest BCUT2D eigenvalue weighted by atomic mass is 9.95. The zero-order valence-electron chi connectivity index (χ0n) is 21.1. The summed E-state index contributed by atoms with van der Waals surface area (Å²) in [5.74, 6) is 0.935. The number of rotatable bonds is 9. The van der Waals surface area contributed by atoms with Gasteiger partial charge in [0.05, 0.1) is 18.2 Å². The average molecular weight is 479 g/mol. The lowest BCUT2D eigenvalue weighted by molar-refractivity contribution is 0.0468. The van der Waals surface area contributed by atoms with E-state index in [1.54, 1.807) is 0 Å². The molecule has 5 rings (SSSR count). The van der Waals surface area contributed by atoms with Crippen LogP contribution >= 0.6 is 0 Å². The molecule has 0 unspecified atom stereocenters. The monoisotopic (exact) mass is 478 g/mol. The van der Waals surface area contributed by atoms with Crippen LogP contribution < -0.4 is 5.56 Å². The fourth-order valence-corrected chi connectivity index (χ4v) is 5.81. The fourth-order valence-electron chi connectivity index (χ4n) is 5.81. The van der Waals surface area contributed by atoms with Crippen LogP contribution in [0, 0.1) is 6.92 Å². The lowest BCUT2D eigenvalue weighted by Gasteiger charge is -2.33. The molecule has 188 valence electrons. The van der Waals surface area contributed by atoms with Crippen molar-refractivity contribution in [2.24, 2.45) is 0 Å². The molecular formula is C27H38N6O2. The maximum Gasteiger partial charge on any atom is 0.252 e. The zero-order valence-corrected chi connectivity index (χ0v) is 21.1. The Bertz CT molecular complexity index is 1180. The predicted octanol–water partition coefficient (Wildman–Crippen LogP) is 4.85. The Labute approximate surface area is 207 Å². The largest absolute Gasteiger partial charge is 0.377 e. The van der Waals surface area contributed by atoms with Gasteiger partial charge in [-0.25, -0.2) is 4.68 Å². The van der Waals surface area contributed by atoms with Crippen molar-refractivity contribution in [2.75, 3.05) is 13.2 Å². The van der Waals surface area contributed by atoms with Crippen LogP contribution in [-0.4, -0.2) is 49.3 Å². The summed E-state index contributed by atoms with van der Waals surface area (Å²) in [5.41, 5.74) is 2.81. The smallest absolute Gasteiger partial charge is 0.252 e. The molecule has 0 spiro atoms. The minimum Gasteiger partial charge on any atom is -0.377 e. The van der Waals surface area contributed by atoms with E-state index in [0.717, 1.165) is 74.0 Å². The van der Waals surface area contributed by atoms with Crippen molar-refractivity contribution in [3.05, 3.63) is 51.6 Å². The topological polar surface area (TPSA) is 88.9 Å². The van der Waals surface area contributed by atoms with Gasteiger partial charge in [-0.05, 0) is 73.0 Å². The number of aryl methyl sites for hydroxylation is 1. The van der Waals surface area contributed by atoms with Gasteiger partial charge in [0, 0.05) is 30.8 Å². The minimum absolute atomic E-state index is 0.0270. The lowest BCUT2D eigenvalue weighted by Crippen LogP contribution is -2.38. The van der Waals surface area contributed by atoms with E-state index in [1.165, 1.54) is 24.8 Å². The summed E-state index contributed by atoms with van der Waals surface area (Å²) in [6.45, 7) is 6.41. The second kappa shape index (κ2) is 11.0. The van der Waals surface area contributed by atoms with Crippen LogP contribution in [0.2, 0.25) is 0 Å². The molecule has 3 heterocycles. The molecule has 1 N–H and O–H groups in total. The maximum absolute atomic E-state index is 13.1. The first-order chi connectivity index (χ1) is 17.1. The van der Waals surface area contributed by atoms with Gasteiger partial charge in [0.15, 0.2) is 5.82 Å². The van der Waals surface area contributed by atoms with E-state index in [1.807, 2.05) is 12.1 Å². The highest BCUT2D eigenvalue weighted by molar-refractivity contribution is 5.79. The number of nitrogens with zero attached hydrogens (tertiary/aromatic N) is 5. The Balaban J connectivity index is 1.50. The van der Waals surface area contributed by atoms with Crippen molar-refractivity contribution < 1.29 is 4.74 Å². The summed E-state index contributed by atoms with van der Waals surface area (Å²) >= 11 is 0. The van der Waals surface area contributed by atoms with Gasteiger partial charge in [-0.3, -0.25) is 9.69 Å². The van der Waals surface area contributed by atoms with Crippen LogP contribution in [0.15, 0.2) is 29.1 Å². The molecule has 2 aromatic heterocycles. The van der Waals surface area contributed by atoms with Gasteiger partial charge >= 0.3 is 0 Å². The third-order valence-corrected chi connectivity index (χ3v) is 7.65. The molecular weight excluding hydrogens is 440 g/mol. The van der Waals surface area contributed by atoms with Gasteiger partial charge in [-0.15, -0.1) is 5.10 Å². The van der Waals surface area contributed by atoms with Gasteiger partial charge < -0.3 is 9.72 Å². The fraction of sp³-hybridized carbons (Fsp3) is 0.630. The molecule has 1 aliphatic heterocycles. The first-order valence-electron chi connectivity index (χ1n) is 13.4. The van der Waals surface area contributed by atoms with E-state index in [9.17, 15) is 4.79 Å². The van der Waals surface area contributed by atoms with E-state index >= 15 is 0 Å².